The van der Waals surface area contributed by atoms with E-state index < -0.39 is 0 Å². The third-order valence-corrected chi connectivity index (χ3v) is 7.26. The van der Waals surface area contributed by atoms with Gasteiger partial charge >= 0.3 is 0 Å². The van der Waals surface area contributed by atoms with Crippen LogP contribution < -0.4 is 5.62 Å². The second-order valence-electron chi connectivity index (χ2n) is 8.78. The summed E-state index contributed by atoms with van der Waals surface area (Å²) in [5.41, 5.74) is 2.74. The molecular formula is C20H27N3O. The summed E-state index contributed by atoms with van der Waals surface area (Å²) in [4.78, 5) is 0. The number of nitrogens with zero attached hydrogens (tertiary/aromatic N) is 2. The third-order valence-electron chi connectivity index (χ3n) is 7.26. The van der Waals surface area contributed by atoms with Crippen molar-refractivity contribution in [3.8, 4) is 0 Å². The van der Waals surface area contributed by atoms with E-state index in [1.165, 1.54) is 38.5 Å². The molecule has 6 rings (SSSR count). The van der Waals surface area contributed by atoms with Crippen molar-refractivity contribution in [3.05, 3.63) is 29.9 Å². The predicted octanol–water partition coefficient (Wildman–Crippen LogP) is 3.04. The van der Waals surface area contributed by atoms with E-state index >= 15 is 0 Å². The molecule has 4 aliphatic rings. The van der Waals surface area contributed by atoms with Crippen LogP contribution in [0.15, 0.2) is 24.3 Å². The van der Waals surface area contributed by atoms with Gasteiger partial charge in [0.25, 0.3) is 0 Å². The molecule has 0 radical (unpaired) electrons. The van der Waals surface area contributed by atoms with Crippen molar-refractivity contribution in [2.45, 2.75) is 51.2 Å². The van der Waals surface area contributed by atoms with Gasteiger partial charge in [-0.2, -0.15) is 0 Å². The fourth-order valence-electron chi connectivity index (χ4n) is 6.52. The molecular weight excluding hydrogens is 298 g/mol. The number of rotatable bonds is 3. The molecule has 4 fully saturated rings. The highest BCUT2D eigenvalue weighted by Gasteiger charge is 2.54. The SMILES string of the molecule is Cn1c(=N)n(CC(O)C23CC4CC(CC(C4)C2)C3)c2ccccc21. The van der Waals surface area contributed by atoms with E-state index in [0.29, 0.717) is 12.2 Å². The lowest BCUT2D eigenvalue weighted by Gasteiger charge is -2.58. The zero-order chi connectivity index (χ0) is 16.5. The first-order valence-corrected chi connectivity index (χ1v) is 9.43. The molecule has 1 unspecified atom stereocenters. The van der Waals surface area contributed by atoms with Gasteiger partial charge in [-0.05, 0) is 73.8 Å². The van der Waals surface area contributed by atoms with E-state index in [1.807, 2.05) is 28.3 Å². The van der Waals surface area contributed by atoms with E-state index in [-0.39, 0.29) is 11.5 Å². The Morgan fingerprint density at radius 2 is 1.62 bits per heavy atom. The van der Waals surface area contributed by atoms with Crippen molar-refractivity contribution < 1.29 is 5.11 Å². The number of hydrogen-bond acceptors (Lipinski definition) is 2. The molecule has 4 nitrogen and oxygen atoms in total. The highest BCUT2D eigenvalue weighted by molar-refractivity contribution is 5.75. The van der Waals surface area contributed by atoms with Gasteiger partial charge in [-0.15, -0.1) is 0 Å². The van der Waals surface area contributed by atoms with E-state index in [0.717, 1.165) is 28.8 Å². The topological polar surface area (TPSA) is 53.9 Å². The zero-order valence-corrected chi connectivity index (χ0v) is 14.4. The number of nitrogens with one attached hydrogen (secondary N) is 1. The van der Waals surface area contributed by atoms with E-state index in [1.54, 1.807) is 0 Å². The van der Waals surface area contributed by atoms with Gasteiger partial charge < -0.3 is 14.2 Å². The van der Waals surface area contributed by atoms with Crippen LogP contribution in [0, 0.1) is 28.6 Å². The molecule has 1 aromatic heterocycles. The van der Waals surface area contributed by atoms with Gasteiger partial charge in [0, 0.05) is 7.05 Å². The van der Waals surface area contributed by atoms with Crippen LogP contribution in [0.3, 0.4) is 0 Å². The van der Waals surface area contributed by atoms with Crippen molar-refractivity contribution in [3.63, 3.8) is 0 Å². The lowest BCUT2D eigenvalue weighted by atomic mass is 9.48. The smallest absolute Gasteiger partial charge is 0.202 e. The average Bonchev–Trinajstić information content (AvgIpc) is 2.79. The van der Waals surface area contributed by atoms with Gasteiger partial charge in [0.1, 0.15) is 0 Å². The number of hydrogen-bond donors (Lipinski definition) is 2. The molecule has 1 aromatic carbocycles. The fourth-order valence-corrected chi connectivity index (χ4v) is 6.52. The van der Waals surface area contributed by atoms with Crippen molar-refractivity contribution in [2.75, 3.05) is 0 Å². The summed E-state index contributed by atoms with van der Waals surface area (Å²) >= 11 is 0. The second-order valence-corrected chi connectivity index (χ2v) is 8.78. The highest BCUT2D eigenvalue weighted by Crippen LogP contribution is 2.61. The zero-order valence-electron chi connectivity index (χ0n) is 14.4. The van der Waals surface area contributed by atoms with Crippen molar-refractivity contribution in [1.82, 2.24) is 9.13 Å². The molecule has 2 aromatic rings. The molecule has 0 spiro atoms. The highest BCUT2D eigenvalue weighted by atomic mass is 16.3. The molecule has 1 heterocycles. The number of aliphatic hydroxyl groups is 1. The maximum Gasteiger partial charge on any atom is 0.202 e. The third kappa shape index (κ3) is 1.98. The van der Waals surface area contributed by atoms with Crippen LogP contribution in [-0.2, 0) is 13.6 Å². The largest absolute Gasteiger partial charge is 0.391 e. The van der Waals surface area contributed by atoms with Crippen molar-refractivity contribution in [1.29, 1.82) is 5.41 Å². The first-order valence-electron chi connectivity index (χ1n) is 9.43. The van der Waals surface area contributed by atoms with Gasteiger partial charge in [0.15, 0.2) is 0 Å². The summed E-state index contributed by atoms with van der Waals surface area (Å²) in [5.74, 6) is 2.54. The van der Waals surface area contributed by atoms with Crippen LogP contribution in [0.4, 0.5) is 0 Å². The Morgan fingerprint density at radius 1 is 1.08 bits per heavy atom. The lowest BCUT2D eigenvalue weighted by Crippen LogP contribution is -2.53. The van der Waals surface area contributed by atoms with Gasteiger partial charge in [0.05, 0.1) is 23.7 Å². The Bertz CT molecular complexity index is 811. The number of fused-ring (bicyclic) bond motifs is 1. The van der Waals surface area contributed by atoms with Gasteiger partial charge in [-0.1, -0.05) is 12.1 Å². The monoisotopic (exact) mass is 325 g/mol. The average molecular weight is 325 g/mol. The summed E-state index contributed by atoms with van der Waals surface area (Å²) in [5, 5.41) is 19.7. The minimum atomic E-state index is -0.328. The van der Waals surface area contributed by atoms with Crippen LogP contribution in [0.5, 0.6) is 0 Å². The molecule has 4 heteroatoms. The van der Waals surface area contributed by atoms with Crippen LogP contribution in [0.1, 0.15) is 38.5 Å². The number of aliphatic hydroxyl groups excluding tert-OH is 1. The second kappa shape index (κ2) is 4.98. The summed E-state index contributed by atoms with van der Waals surface area (Å²) in [7, 11) is 1.94. The Morgan fingerprint density at radius 3 is 2.21 bits per heavy atom. The Labute approximate surface area is 142 Å². The summed E-state index contributed by atoms with van der Waals surface area (Å²) < 4.78 is 3.93. The van der Waals surface area contributed by atoms with Crippen LogP contribution >= 0.6 is 0 Å². The quantitative estimate of drug-likeness (QED) is 0.895. The van der Waals surface area contributed by atoms with Gasteiger partial charge in [-0.3, -0.25) is 5.41 Å². The first-order chi connectivity index (χ1) is 11.6. The summed E-state index contributed by atoms with van der Waals surface area (Å²) in [6, 6.07) is 8.16. The van der Waals surface area contributed by atoms with Crippen molar-refractivity contribution in [2.24, 2.45) is 30.2 Å². The molecule has 2 N–H and O–H groups in total. The van der Waals surface area contributed by atoms with Gasteiger partial charge in [0.2, 0.25) is 5.62 Å². The van der Waals surface area contributed by atoms with E-state index in [9.17, 15) is 5.11 Å². The maximum atomic E-state index is 11.2. The van der Waals surface area contributed by atoms with E-state index in [4.69, 9.17) is 5.41 Å². The molecule has 0 saturated heterocycles. The van der Waals surface area contributed by atoms with Gasteiger partial charge in [-0.25, -0.2) is 0 Å². The number of para-hydroxylation sites is 2. The molecule has 128 valence electrons. The molecule has 0 amide bonds. The molecule has 4 aliphatic carbocycles. The summed E-state index contributed by atoms with van der Waals surface area (Å²) in [6.07, 6.45) is 7.49. The molecule has 1 atom stereocenters. The first kappa shape index (κ1) is 14.8. The minimum Gasteiger partial charge on any atom is -0.391 e. The van der Waals surface area contributed by atoms with Crippen molar-refractivity contribution >= 4 is 11.0 Å². The Kier molecular flexibility index (Phi) is 3.06. The number of aromatic nitrogens is 2. The lowest BCUT2D eigenvalue weighted by molar-refractivity contribution is -0.124. The number of aryl methyl sites for hydroxylation is 1. The predicted molar refractivity (Wildman–Crippen MR) is 93.4 cm³/mol. The molecule has 4 saturated carbocycles. The van der Waals surface area contributed by atoms with E-state index in [2.05, 4.69) is 12.1 Å². The molecule has 24 heavy (non-hydrogen) atoms. The number of benzene rings is 1. The molecule has 4 bridgehead atoms. The summed E-state index contributed by atoms with van der Waals surface area (Å²) in [6.45, 7) is 0.562. The maximum absolute atomic E-state index is 11.2. The fraction of sp³-hybridized carbons (Fsp3) is 0.650. The van der Waals surface area contributed by atoms with Crippen LogP contribution in [-0.4, -0.2) is 20.3 Å². The van der Waals surface area contributed by atoms with Crippen LogP contribution in [0.2, 0.25) is 0 Å². The normalized spacial score (nSPS) is 35.7. The standard InChI is InChI=1S/C20H27N3O/c1-22-16-4-2-3-5-17(16)23(19(22)21)12-18(24)20-9-13-6-14(10-20)8-15(7-13)11-20/h2-5,13-15,18,21,24H,6-12H2,1H3. The molecule has 0 aliphatic heterocycles. The number of imidazole rings is 1. The Hall–Kier alpha value is -1.55. The Balaban J connectivity index is 1.50. The minimum absolute atomic E-state index is 0.116. The van der Waals surface area contributed by atoms with Crippen LogP contribution in [0.25, 0.3) is 11.0 Å².